The molecule has 0 aliphatic heterocycles. The Hall–Kier alpha value is -1.46. The lowest BCUT2D eigenvalue weighted by molar-refractivity contribution is 0.722. The van der Waals surface area contributed by atoms with Crippen LogP contribution in [0.1, 0.15) is 23.9 Å². The second kappa shape index (κ2) is 6.63. The number of hydrogen-bond donors (Lipinski definition) is 1. The topological polar surface area (TPSA) is 50.7 Å². The van der Waals surface area contributed by atoms with Gasteiger partial charge in [-0.2, -0.15) is 0 Å². The van der Waals surface area contributed by atoms with Gasteiger partial charge in [0.2, 0.25) is 0 Å². The molecule has 5 heteroatoms. The van der Waals surface area contributed by atoms with Gasteiger partial charge in [-0.1, -0.05) is 13.0 Å². The molecule has 2 rings (SSSR count). The predicted octanol–water partition coefficient (Wildman–Crippen LogP) is 2.75. The Labute approximate surface area is 118 Å². The van der Waals surface area contributed by atoms with E-state index in [1.165, 1.54) is 17.3 Å². The standard InChI is InChI=1S/C14H18N4S/c1-4-15-8-12-5-6-13(16-9-12)19-14-17-10(2)7-11(3)18-14/h5-7,9,15H,4,8H2,1-3H3. The van der Waals surface area contributed by atoms with Crippen LogP contribution < -0.4 is 5.32 Å². The number of hydrogen-bond acceptors (Lipinski definition) is 5. The van der Waals surface area contributed by atoms with Crippen LogP contribution in [0.15, 0.2) is 34.6 Å². The van der Waals surface area contributed by atoms with Crippen molar-refractivity contribution >= 4 is 11.8 Å². The number of pyridine rings is 1. The number of aryl methyl sites for hydroxylation is 2. The fourth-order valence-corrected chi connectivity index (χ4v) is 2.49. The molecule has 0 radical (unpaired) electrons. The van der Waals surface area contributed by atoms with Gasteiger partial charge in [-0.3, -0.25) is 0 Å². The van der Waals surface area contributed by atoms with E-state index in [0.717, 1.165) is 34.7 Å². The molecule has 19 heavy (non-hydrogen) atoms. The Balaban J connectivity index is 2.06. The van der Waals surface area contributed by atoms with Crippen LogP contribution in [-0.2, 0) is 6.54 Å². The van der Waals surface area contributed by atoms with Crippen LogP contribution in [-0.4, -0.2) is 21.5 Å². The van der Waals surface area contributed by atoms with Crippen LogP contribution in [0.4, 0.5) is 0 Å². The van der Waals surface area contributed by atoms with E-state index in [1.54, 1.807) is 0 Å². The van der Waals surface area contributed by atoms with E-state index in [1.807, 2.05) is 32.2 Å². The first-order valence-corrected chi connectivity index (χ1v) is 7.15. The van der Waals surface area contributed by atoms with Gasteiger partial charge in [0, 0.05) is 24.1 Å². The summed E-state index contributed by atoms with van der Waals surface area (Å²) in [6.07, 6.45) is 1.90. The van der Waals surface area contributed by atoms with Gasteiger partial charge < -0.3 is 5.32 Å². The fourth-order valence-electron chi connectivity index (χ4n) is 1.68. The number of nitrogens with zero attached hydrogens (tertiary/aromatic N) is 3. The van der Waals surface area contributed by atoms with Crippen molar-refractivity contribution in [2.75, 3.05) is 6.54 Å². The van der Waals surface area contributed by atoms with Gasteiger partial charge in [0.1, 0.15) is 5.03 Å². The Morgan fingerprint density at radius 3 is 2.47 bits per heavy atom. The molecule has 2 heterocycles. The Morgan fingerprint density at radius 1 is 1.16 bits per heavy atom. The summed E-state index contributed by atoms with van der Waals surface area (Å²) < 4.78 is 0. The Kier molecular flexibility index (Phi) is 4.87. The van der Waals surface area contributed by atoms with Crippen molar-refractivity contribution in [1.29, 1.82) is 0 Å². The lowest BCUT2D eigenvalue weighted by atomic mass is 10.3. The van der Waals surface area contributed by atoms with E-state index < -0.39 is 0 Å². The van der Waals surface area contributed by atoms with Gasteiger partial charge in [-0.05, 0) is 49.9 Å². The van der Waals surface area contributed by atoms with Crippen molar-refractivity contribution in [3.63, 3.8) is 0 Å². The quantitative estimate of drug-likeness (QED) is 0.850. The molecule has 0 bridgehead atoms. The lowest BCUT2D eigenvalue weighted by Crippen LogP contribution is -2.11. The summed E-state index contributed by atoms with van der Waals surface area (Å²) in [5.41, 5.74) is 3.16. The minimum Gasteiger partial charge on any atom is -0.313 e. The third-order valence-corrected chi connectivity index (χ3v) is 3.35. The van der Waals surface area contributed by atoms with Crippen molar-refractivity contribution in [3.05, 3.63) is 41.3 Å². The summed E-state index contributed by atoms with van der Waals surface area (Å²) in [4.78, 5) is 13.2. The molecule has 0 saturated heterocycles. The van der Waals surface area contributed by atoms with Crippen molar-refractivity contribution in [2.24, 2.45) is 0 Å². The van der Waals surface area contributed by atoms with Gasteiger partial charge in [0.25, 0.3) is 0 Å². The summed E-state index contributed by atoms with van der Waals surface area (Å²) in [5, 5.41) is 4.95. The smallest absolute Gasteiger partial charge is 0.194 e. The normalized spacial score (nSPS) is 10.7. The van der Waals surface area contributed by atoms with Crippen LogP contribution >= 0.6 is 11.8 Å². The monoisotopic (exact) mass is 274 g/mol. The fraction of sp³-hybridized carbons (Fsp3) is 0.357. The zero-order valence-electron chi connectivity index (χ0n) is 11.5. The summed E-state index contributed by atoms with van der Waals surface area (Å²) in [7, 11) is 0. The average molecular weight is 274 g/mol. The van der Waals surface area contributed by atoms with E-state index in [4.69, 9.17) is 0 Å². The molecule has 0 saturated carbocycles. The van der Waals surface area contributed by atoms with E-state index in [-0.39, 0.29) is 0 Å². The van der Waals surface area contributed by atoms with Crippen molar-refractivity contribution in [1.82, 2.24) is 20.3 Å². The molecule has 0 aliphatic rings. The number of rotatable bonds is 5. The predicted molar refractivity (Wildman–Crippen MR) is 77.2 cm³/mol. The summed E-state index contributed by atoms with van der Waals surface area (Å²) in [5.74, 6) is 0. The van der Waals surface area contributed by atoms with Crippen LogP contribution in [0.5, 0.6) is 0 Å². The highest BCUT2D eigenvalue weighted by atomic mass is 32.2. The van der Waals surface area contributed by atoms with Crippen LogP contribution in [0.25, 0.3) is 0 Å². The SMILES string of the molecule is CCNCc1ccc(Sc2nc(C)cc(C)n2)nc1. The molecule has 0 unspecified atom stereocenters. The molecule has 0 spiro atoms. The van der Waals surface area contributed by atoms with Crippen LogP contribution in [0.2, 0.25) is 0 Å². The average Bonchev–Trinajstić information content (AvgIpc) is 2.37. The number of nitrogens with one attached hydrogen (secondary N) is 1. The first-order chi connectivity index (χ1) is 9.17. The molecule has 0 fully saturated rings. The zero-order chi connectivity index (χ0) is 13.7. The largest absolute Gasteiger partial charge is 0.313 e. The van der Waals surface area contributed by atoms with Crippen LogP contribution in [0.3, 0.4) is 0 Å². The highest BCUT2D eigenvalue weighted by molar-refractivity contribution is 7.99. The zero-order valence-corrected chi connectivity index (χ0v) is 12.3. The van der Waals surface area contributed by atoms with Gasteiger partial charge in [0.05, 0.1) is 0 Å². The minimum absolute atomic E-state index is 0.754. The molecule has 1 N–H and O–H groups in total. The van der Waals surface area contributed by atoms with E-state index in [9.17, 15) is 0 Å². The second-order valence-electron chi connectivity index (χ2n) is 4.32. The molecular weight excluding hydrogens is 256 g/mol. The van der Waals surface area contributed by atoms with E-state index >= 15 is 0 Å². The molecule has 0 aliphatic carbocycles. The molecule has 2 aromatic rings. The van der Waals surface area contributed by atoms with Crippen molar-refractivity contribution < 1.29 is 0 Å². The van der Waals surface area contributed by atoms with Gasteiger partial charge in [0.15, 0.2) is 5.16 Å². The summed E-state index contributed by atoms with van der Waals surface area (Å²) >= 11 is 1.49. The van der Waals surface area contributed by atoms with E-state index in [0.29, 0.717) is 0 Å². The summed E-state index contributed by atoms with van der Waals surface area (Å²) in [6.45, 7) is 7.87. The molecular formula is C14H18N4S. The van der Waals surface area contributed by atoms with Crippen molar-refractivity contribution in [2.45, 2.75) is 37.5 Å². The maximum Gasteiger partial charge on any atom is 0.194 e. The Morgan fingerprint density at radius 2 is 1.89 bits per heavy atom. The van der Waals surface area contributed by atoms with Crippen LogP contribution in [0, 0.1) is 13.8 Å². The van der Waals surface area contributed by atoms with E-state index in [2.05, 4.69) is 33.3 Å². The van der Waals surface area contributed by atoms with Gasteiger partial charge in [-0.25, -0.2) is 15.0 Å². The van der Waals surface area contributed by atoms with Gasteiger partial charge in [-0.15, -0.1) is 0 Å². The molecule has 0 atom stereocenters. The third kappa shape index (κ3) is 4.29. The maximum absolute atomic E-state index is 4.43. The molecule has 4 nitrogen and oxygen atoms in total. The first kappa shape index (κ1) is 14.0. The maximum atomic E-state index is 4.43. The lowest BCUT2D eigenvalue weighted by Gasteiger charge is -2.04. The second-order valence-corrected chi connectivity index (χ2v) is 5.31. The molecule has 0 amide bonds. The van der Waals surface area contributed by atoms with Crippen molar-refractivity contribution in [3.8, 4) is 0 Å². The molecule has 100 valence electrons. The third-order valence-electron chi connectivity index (χ3n) is 2.53. The Bertz CT molecular complexity index is 519. The van der Waals surface area contributed by atoms with Gasteiger partial charge >= 0.3 is 0 Å². The first-order valence-electron chi connectivity index (χ1n) is 6.33. The highest BCUT2D eigenvalue weighted by Gasteiger charge is 2.04. The molecule has 0 aromatic carbocycles. The molecule has 2 aromatic heterocycles. The highest BCUT2D eigenvalue weighted by Crippen LogP contribution is 2.22. The number of aromatic nitrogens is 3. The summed E-state index contributed by atoms with van der Waals surface area (Å²) in [6, 6.07) is 6.07. The minimum atomic E-state index is 0.754.